The van der Waals surface area contributed by atoms with Crippen molar-refractivity contribution in [3.8, 4) is 0 Å². The first-order chi connectivity index (χ1) is 8.55. The lowest BCUT2D eigenvalue weighted by Crippen LogP contribution is -2.13. The molecule has 0 bridgehead atoms. The van der Waals surface area contributed by atoms with Crippen LogP contribution in [0.25, 0.3) is 16.8 Å². The molecule has 1 aliphatic rings. The Kier molecular flexibility index (Phi) is 2.37. The summed E-state index contributed by atoms with van der Waals surface area (Å²) in [6, 6.07) is 12.3. The molecule has 2 aromatic rings. The van der Waals surface area contributed by atoms with Crippen molar-refractivity contribution < 1.29 is 4.79 Å². The zero-order chi connectivity index (χ0) is 12.8. The lowest BCUT2D eigenvalue weighted by Gasteiger charge is -2.16. The van der Waals surface area contributed by atoms with E-state index in [2.05, 4.69) is 44.2 Å². The number of hydrogen-bond acceptors (Lipinski definition) is 1. The van der Waals surface area contributed by atoms with Crippen molar-refractivity contribution in [1.82, 2.24) is 0 Å². The van der Waals surface area contributed by atoms with E-state index in [1.54, 1.807) is 0 Å². The molecule has 1 heteroatoms. The topological polar surface area (TPSA) is 17.1 Å². The largest absolute Gasteiger partial charge is 0.294 e. The third-order valence-electron chi connectivity index (χ3n) is 3.55. The van der Waals surface area contributed by atoms with Crippen LogP contribution >= 0.6 is 0 Å². The highest BCUT2D eigenvalue weighted by Gasteiger charge is 2.24. The van der Waals surface area contributed by atoms with Crippen molar-refractivity contribution in [2.24, 2.45) is 5.41 Å². The monoisotopic (exact) mass is 236 g/mol. The molecule has 0 atom stereocenters. The third-order valence-corrected chi connectivity index (χ3v) is 3.55. The average Bonchev–Trinajstić information content (AvgIpc) is 2.44. The van der Waals surface area contributed by atoms with Gasteiger partial charge in [-0.05, 0) is 33.9 Å². The van der Waals surface area contributed by atoms with Gasteiger partial charge in [0.2, 0.25) is 0 Å². The van der Waals surface area contributed by atoms with Crippen LogP contribution in [0.1, 0.15) is 36.2 Å². The van der Waals surface area contributed by atoms with E-state index >= 15 is 0 Å². The summed E-state index contributed by atoms with van der Waals surface area (Å²) < 4.78 is 0. The van der Waals surface area contributed by atoms with Crippen molar-refractivity contribution in [2.45, 2.75) is 20.3 Å². The van der Waals surface area contributed by atoms with Gasteiger partial charge < -0.3 is 0 Å². The first-order valence-electron chi connectivity index (χ1n) is 6.30. The Morgan fingerprint density at radius 1 is 1.06 bits per heavy atom. The van der Waals surface area contributed by atoms with Crippen LogP contribution in [0.2, 0.25) is 0 Å². The fraction of sp³-hybridized carbons (Fsp3) is 0.235. The molecular weight excluding hydrogens is 220 g/mol. The SMILES string of the molecule is CC1(C)C=Cc2cc3ccccc3cc2C(=O)C1. The smallest absolute Gasteiger partial charge is 0.164 e. The molecule has 0 radical (unpaired) electrons. The number of fused-ring (bicyclic) bond motifs is 2. The fourth-order valence-electron chi connectivity index (χ4n) is 2.52. The predicted molar refractivity (Wildman–Crippen MR) is 75.7 cm³/mol. The number of allylic oxidation sites excluding steroid dienone is 1. The molecule has 1 aliphatic carbocycles. The Hall–Kier alpha value is -1.89. The molecular formula is C17H16O. The molecule has 0 heterocycles. The van der Waals surface area contributed by atoms with Crippen LogP contribution in [0.5, 0.6) is 0 Å². The van der Waals surface area contributed by atoms with Crippen molar-refractivity contribution in [1.29, 1.82) is 0 Å². The first kappa shape index (κ1) is 11.2. The zero-order valence-corrected chi connectivity index (χ0v) is 10.7. The Morgan fingerprint density at radius 3 is 2.44 bits per heavy atom. The van der Waals surface area contributed by atoms with Gasteiger partial charge in [-0.15, -0.1) is 0 Å². The van der Waals surface area contributed by atoms with Crippen molar-refractivity contribution in [3.63, 3.8) is 0 Å². The molecule has 0 amide bonds. The summed E-state index contributed by atoms with van der Waals surface area (Å²) in [5.41, 5.74) is 1.85. The maximum atomic E-state index is 12.3. The van der Waals surface area contributed by atoms with Gasteiger partial charge in [-0.25, -0.2) is 0 Å². The van der Waals surface area contributed by atoms with Gasteiger partial charge in [0.05, 0.1) is 0 Å². The molecule has 18 heavy (non-hydrogen) atoms. The quantitative estimate of drug-likeness (QED) is 0.659. The second-order valence-corrected chi connectivity index (χ2v) is 5.71. The predicted octanol–water partition coefficient (Wildman–Crippen LogP) is 4.47. The molecule has 3 rings (SSSR count). The van der Waals surface area contributed by atoms with E-state index in [9.17, 15) is 4.79 Å². The third kappa shape index (κ3) is 1.86. The van der Waals surface area contributed by atoms with Crippen LogP contribution in [0.4, 0.5) is 0 Å². The Balaban J connectivity index is 2.26. The normalized spacial score (nSPS) is 17.6. The summed E-state index contributed by atoms with van der Waals surface area (Å²) >= 11 is 0. The number of ketones is 1. The molecule has 0 spiro atoms. The van der Waals surface area contributed by atoms with Crippen LogP contribution < -0.4 is 0 Å². The van der Waals surface area contributed by atoms with Gasteiger partial charge >= 0.3 is 0 Å². The Morgan fingerprint density at radius 2 is 1.72 bits per heavy atom. The van der Waals surface area contributed by atoms with Gasteiger partial charge in [-0.1, -0.05) is 50.3 Å². The molecule has 0 saturated heterocycles. The van der Waals surface area contributed by atoms with E-state index in [4.69, 9.17) is 0 Å². The number of rotatable bonds is 0. The van der Waals surface area contributed by atoms with E-state index < -0.39 is 0 Å². The van der Waals surface area contributed by atoms with Gasteiger partial charge in [-0.3, -0.25) is 4.79 Å². The second kappa shape index (κ2) is 3.81. The van der Waals surface area contributed by atoms with E-state index in [-0.39, 0.29) is 11.2 Å². The minimum absolute atomic E-state index is 0.0533. The van der Waals surface area contributed by atoms with Gasteiger partial charge in [0.15, 0.2) is 5.78 Å². The van der Waals surface area contributed by atoms with Crippen LogP contribution in [-0.4, -0.2) is 5.78 Å². The van der Waals surface area contributed by atoms with Gasteiger partial charge in [0.1, 0.15) is 0 Å². The van der Waals surface area contributed by atoms with Crippen LogP contribution in [0.3, 0.4) is 0 Å². The Bertz CT molecular complexity index is 662. The van der Waals surface area contributed by atoms with Crippen LogP contribution in [0, 0.1) is 5.41 Å². The summed E-state index contributed by atoms with van der Waals surface area (Å²) in [7, 11) is 0. The number of carbonyl (C=O) groups is 1. The van der Waals surface area contributed by atoms with Gasteiger partial charge in [0.25, 0.3) is 0 Å². The van der Waals surface area contributed by atoms with E-state index in [0.29, 0.717) is 6.42 Å². The average molecular weight is 236 g/mol. The Labute approximate surface area is 107 Å². The van der Waals surface area contributed by atoms with Gasteiger partial charge in [-0.2, -0.15) is 0 Å². The number of benzene rings is 2. The summed E-state index contributed by atoms with van der Waals surface area (Å²) in [6.07, 6.45) is 4.81. The van der Waals surface area contributed by atoms with Crippen LogP contribution in [-0.2, 0) is 0 Å². The molecule has 0 fully saturated rings. The second-order valence-electron chi connectivity index (χ2n) is 5.71. The van der Waals surface area contributed by atoms with Crippen LogP contribution in [0.15, 0.2) is 42.5 Å². The maximum absolute atomic E-state index is 12.3. The highest BCUT2D eigenvalue weighted by atomic mass is 16.1. The lowest BCUT2D eigenvalue weighted by molar-refractivity contribution is 0.0951. The molecule has 2 aromatic carbocycles. The minimum atomic E-state index is -0.0533. The van der Waals surface area contributed by atoms with E-state index in [1.165, 1.54) is 5.39 Å². The highest BCUT2D eigenvalue weighted by Crippen LogP contribution is 2.32. The summed E-state index contributed by atoms with van der Waals surface area (Å²) in [6.45, 7) is 4.21. The van der Waals surface area contributed by atoms with Crippen molar-refractivity contribution in [3.05, 3.63) is 53.6 Å². The van der Waals surface area contributed by atoms with E-state index in [1.807, 2.05) is 18.2 Å². The zero-order valence-electron chi connectivity index (χ0n) is 10.7. The maximum Gasteiger partial charge on any atom is 0.164 e. The summed E-state index contributed by atoms with van der Waals surface area (Å²) in [5.74, 6) is 0.241. The molecule has 0 aromatic heterocycles. The summed E-state index contributed by atoms with van der Waals surface area (Å²) in [4.78, 5) is 12.3. The van der Waals surface area contributed by atoms with E-state index in [0.717, 1.165) is 16.5 Å². The van der Waals surface area contributed by atoms with Crippen molar-refractivity contribution >= 4 is 22.6 Å². The number of carbonyl (C=O) groups excluding carboxylic acids is 1. The summed E-state index contributed by atoms with van der Waals surface area (Å²) in [5, 5.41) is 2.33. The molecule has 0 aliphatic heterocycles. The molecule has 1 nitrogen and oxygen atoms in total. The standard InChI is InChI=1S/C17H16O/c1-17(2)8-7-14-9-12-5-3-4-6-13(12)10-15(14)16(18)11-17/h3-10H,11H2,1-2H3. The highest BCUT2D eigenvalue weighted by molar-refractivity contribution is 6.04. The molecule has 0 saturated carbocycles. The van der Waals surface area contributed by atoms with Crippen molar-refractivity contribution in [2.75, 3.05) is 0 Å². The number of Topliss-reactive ketones (excluding diaryl/α,β-unsaturated/α-hetero) is 1. The minimum Gasteiger partial charge on any atom is -0.294 e. The van der Waals surface area contributed by atoms with Gasteiger partial charge in [0, 0.05) is 12.0 Å². The lowest BCUT2D eigenvalue weighted by atomic mass is 9.87. The first-order valence-corrected chi connectivity index (χ1v) is 6.30. The molecule has 0 unspecified atom stereocenters. The molecule has 90 valence electrons. The molecule has 0 N–H and O–H groups in total. The number of hydrogen-bond donors (Lipinski definition) is 0. The fourth-order valence-corrected chi connectivity index (χ4v) is 2.52.